The fourth-order valence-electron chi connectivity index (χ4n) is 2.55. The Balaban J connectivity index is 1.83. The number of carbonyl (C=O) groups excluding carboxylic acids is 1. The summed E-state index contributed by atoms with van der Waals surface area (Å²) >= 11 is 0. The van der Waals surface area contributed by atoms with Crippen LogP contribution in [0.3, 0.4) is 0 Å². The van der Waals surface area contributed by atoms with E-state index in [2.05, 4.69) is 30.7 Å². The molecule has 0 bridgehead atoms. The van der Waals surface area contributed by atoms with Crippen LogP contribution in [0.25, 0.3) is 0 Å². The van der Waals surface area contributed by atoms with Crippen LogP contribution in [0.5, 0.6) is 0 Å². The fraction of sp³-hybridized carbons (Fsp3) is 0.500. The number of hydrogen-bond donors (Lipinski definition) is 1. The quantitative estimate of drug-likeness (QED) is 0.877. The fourth-order valence-corrected chi connectivity index (χ4v) is 2.55. The summed E-state index contributed by atoms with van der Waals surface area (Å²) in [6, 6.07) is 1.83. The summed E-state index contributed by atoms with van der Waals surface area (Å²) in [4.78, 5) is 22.0. The maximum absolute atomic E-state index is 12.5. The van der Waals surface area contributed by atoms with Gasteiger partial charge in [0.15, 0.2) is 5.89 Å². The van der Waals surface area contributed by atoms with Gasteiger partial charge in [-0.25, -0.2) is 4.98 Å². The molecule has 1 N–H and O–H groups in total. The lowest BCUT2D eigenvalue weighted by Gasteiger charge is -2.25. The van der Waals surface area contributed by atoms with E-state index >= 15 is 0 Å². The van der Waals surface area contributed by atoms with E-state index in [4.69, 9.17) is 4.42 Å². The summed E-state index contributed by atoms with van der Waals surface area (Å²) in [7, 11) is 0. The molecule has 2 aromatic rings. The average Bonchev–Trinajstić information content (AvgIpc) is 3.02. The molecule has 0 fully saturated rings. The number of amides is 1. The summed E-state index contributed by atoms with van der Waals surface area (Å²) in [6.07, 6.45) is 2.53. The van der Waals surface area contributed by atoms with Crippen LogP contribution in [0.4, 0.5) is 0 Å². The lowest BCUT2D eigenvalue weighted by molar-refractivity contribution is 0.0727. The van der Waals surface area contributed by atoms with E-state index in [1.807, 2.05) is 17.9 Å². The van der Waals surface area contributed by atoms with Gasteiger partial charge in [0.25, 0.3) is 5.91 Å². The Morgan fingerprint density at radius 3 is 2.81 bits per heavy atom. The van der Waals surface area contributed by atoms with Gasteiger partial charge in [0.05, 0.1) is 12.1 Å². The van der Waals surface area contributed by atoms with Gasteiger partial charge in [0.2, 0.25) is 0 Å². The average molecular weight is 287 g/mol. The Bertz CT molecular complexity index is 676. The Morgan fingerprint density at radius 2 is 2.19 bits per heavy atom. The predicted octanol–water partition coefficient (Wildman–Crippen LogP) is 2.81. The molecule has 112 valence electrons. The smallest absolute Gasteiger partial charge is 0.256 e. The first-order valence-electron chi connectivity index (χ1n) is 7.28. The number of H-pyrrole nitrogens is 1. The molecular weight excluding hydrogens is 266 g/mol. The van der Waals surface area contributed by atoms with E-state index in [0.717, 1.165) is 35.0 Å². The molecule has 0 unspecified atom stereocenters. The van der Waals surface area contributed by atoms with Crippen LogP contribution in [0.15, 0.2) is 16.7 Å². The van der Waals surface area contributed by atoms with E-state index in [9.17, 15) is 4.79 Å². The number of hydrogen-bond acceptors (Lipinski definition) is 3. The summed E-state index contributed by atoms with van der Waals surface area (Å²) in [6.45, 7) is 9.35. The number of fused-ring (bicyclic) bond motifs is 1. The molecule has 5 nitrogen and oxygen atoms in total. The second-order valence-corrected chi connectivity index (χ2v) is 6.63. The third-order valence-corrected chi connectivity index (χ3v) is 3.84. The van der Waals surface area contributed by atoms with Crippen molar-refractivity contribution >= 4 is 5.91 Å². The molecule has 2 aromatic heterocycles. The van der Waals surface area contributed by atoms with Crippen molar-refractivity contribution in [2.45, 2.75) is 46.1 Å². The molecule has 1 amide bonds. The van der Waals surface area contributed by atoms with Crippen molar-refractivity contribution in [1.82, 2.24) is 14.9 Å². The molecule has 3 rings (SSSR count). The van der Waals surface area contributed by atoms with Crippen molar-refractivity contribution in [3.8, 4) is 0 Å². The molecular formula is C16H21N3O2. The minimum atomic E-state index is -0.108. The number of nitrogens with one attached hydrogen (secondary N) is 1. The van der Waals surface area contributed by atoms with Gasteiger partial charge in [-0.2, -0.15) is 0 Å². The maximum atomic E-state index is 12.5. The van der Waals surface area contributed by atoms with Crippen LogP contribution in [0.2, 0.25) is 0 Å². The minimum absolute atomic E-state index is 0.0553. The van der Waals surface area contributed by atoms with Gasteiger partial charge in [0, 0.05) is 30.3 Å². The van der Waals surface area contributed by atoms with E-state index in [-0.39, 0.29) is 11.3 Å². The van der Waals surface area contributed by atoms with E-state index in [0.29, 0.717) is 13.1 Å². The molecule has 0 aromatic carbocycles. The van der Waals surface area contributed by atoms with Crippen molar-refractivity contribution in [2.75, 3.05) is 6.54 Å². The highest BCUT2D eigenvalue weighted by Crippen LogP contribution is 2.28. The standard InChI is InChI=1S/C16H21N3O2/c1-10-11(5-7-17-10)14(20)19-8-6-13-12(9-19)18-15(21-13)16(2,3)4/h5,7,17H,6,8-9H2,1-4H3. The first kappa shape index (κ1) is 13.9. The van der Waals surface area contributed by atoms with Crippen molar-refractivity contribution in [2.24, 2.45) is 0 Å². The summed E-state index contributed by atoms with van der Waals surface area (Å²) in [5.74, 6) is 1.73. The Kier molecular flexibility index (Phi) is 3.15. The van der Waals surface area contributed by atoms with Crippen LogP contribution in [-0.4, -0.2) is 27.3 Å². The predicted molar refractivity (Wildman–Crippen MR) is 79.2 cm³/mol. The van der Waals surface area contributed by atoms with E-state index in [1.54, 1.807) is 6.20 Å². The lowest BCUT2D eigenvalue weighted by Crippen LogP contribution is -2.36. The second-order valence-electron chi connectivity index (χ2n) is 6.63. The molecule has 0 atom stereocenters. The first-order valence-corrected chi connectivity index (χ1v) is 7.28. The lowest BCUT2D eigenvalue weighted by atomic mass is 9.97. The first-order chi connectivity index (χ1) is 9.86. The number of aromatic nitrogens is 2. The van der Waals surface area contributed by atoms with Gasteiger partial charge in [-0.1, -0.05) is 20.8 Å². The summed E-state index contributed by atoms with van der Waals surface area (Å²) in [5, 5.41) is 0. The molecule has 0 saturated carbocycles. The zero-order valence-corrected chi connectivity index (χ0v) is 13.0. The van der Waals surface area contributed by atoms with E-state index in [1.165, 1.54) is 0 Å². The molecule has 21 heavy (non-hydrogen) atoms. The van der Waals surface area contributed by atoms with Gasteiger partial charge >= 0.3 is 0 Å². The number of aryl methyl sites for hydroxylation is 1. The third-order valence-electron chi connectivity index (χ3n) is 3.84. The molecule has 1 aliphatic rings. The van der Waals surface area contributed by atoms with Crippen molar-refractivity contribution in [3.05, 3.63) is 40.9 Å². The molecule has 0 spiro atoms. The number of nitrogens with zero attached hydrogens (tertiary/aromatic N) is 2. The van der Waals surface area contributed by atoms with Crippen LogP contribution >= 0.6 is 0 Å². The highest BCUT2D eigenvalue weighted by molar-refractivity contribution is 5.95. The molecule has 1 aliphatic heterocycles. The highest BCUT2D eigenvalue weighted by atomic mass is 16.4. The van der Waals surface area contributed by atoms with Crippen molar-refractivity contribution in [3.63, 3.8) is 0 Å². The van der Waals surface area contributed by atoms with Crippen molar-refractivity contribution in [1.29, 1.82) is 0 Å². The van der Waals surface area contributed by atoms with Crippen LogP contribution in [0.1, 0.15) is 54.2 Å². The maximum Gasteiger partial charge on any atom is 0.256 e. The number of carbonyl (C=O) groups is 1. The Labute approximate surface area is 124 Å². The van der Waals surface area contributed by atoms with E-state index < -0.39 is 0 Å². The SMILES string of the molecule is Cc1[nH]ccc1C(=O)N1CCc2oc(C(C)(C)C)nc2C1. The number of aromatic amines is 1. The number of rotatable bonds is 1. The summed E-state index contributed by atoms with van der Waals surface area (Å²) in [5.41, 5.74) is 2.43. The molecule has 0 radical (unpaired) electrons. The van der Waals surface area contributed by atoms with Gasteiger partial charge < -0.3 is 14.3 Å². The normalized spacial score (nSPS) is 15.1. The number of oxazole rings is 1. The summed E-state index contributed by atoms with van der Waals surface area (Å²) < 4.78 is 5.86. The van der Waals surface area contributed by atoms with Crippen LogP contribution < -0.4 is 0 Å². The zero-order valence-electron chi connectivity index (χ0n) is 13.0. The van der Waals surface area contributed by atoms with Crippen LogP contribution in [-0.2, 0) is 18.4 Å². The zero-order chi connectivity index (χ0) is 15.2. The molecule has 0 saturated heterocycles. The monoisotopic (exact) mass is 287 g/mol. The Morgan fingerprint density at radius 1 is 1.43 bits per heavy atom. The topological polar surface area (TPSA) is 62.1 Å². The third kappa shape index (κ3) is 2.48. The Hall–Kier alpha value is -2.04. The van der Waals surface area contributed by atoms with Gasteiger partial charge in [-0.15, -0.1) is 0 Å². The highest BCUT2D eigenvalue weighted by Gasteiger charge is 2.29. The van der Waals surface area contributed by atoms with Gasteiger partial charge in [0.1, 0.15) is 11.5 Å². The largest absolute Gasteiger partial charge is 0.445 e. The van der Waals surface area contributed by atoms with Crippen LogP contribution in [0, 0.1) is 6.92 Å². The second kappa shape index (κ2) is 4.76. The van der Waals surface area contributed by atoms with Gasteiger partial charge in [-0.05, 0) is 13.0 Å². The molecule has 0 aliphatic carbocycles. The van der Waals surface area contributed by atoms with Gasteiger partial charge in [-0.3, -0.25) is 4.79 Å². The molecule has 3 heterocycles. The minimum Gasteiger partial charge on any atom is -0.445 e. The molecule has 5 heteroatoms. The van der Waals surface area contributed by atoms with Crippen molar-refractivity contribution < 1.29 is 9.21 Å².